The van der Waals surface area contributed by atoms with Crippen molar-refractivity contribution in [3.8, 4) is 22.9 Å². The van der Waals surface area contributed by atoms with Crippen molar-refractivity contribution in [3.05, 3.63) is 35.2 Å². The maximum absolute atomic E-state index is 12.2. The fraction of sp³-hybridized carbons (Fsp3) is 0.455. The summed E-state index contributed by atoms with van der Waals surface area (Å²) in [6.45, 7) is 5.05. The van der Waals surface area contributed by atoms with Gasteiger partial charge in [-0.3, -0.25) is 4.57 Å². The molecule has 0 fully saturated rings. The summed E-state index contributed by atoms with van der Waals surface area (Å²) in [5.74, 6) is -1.93. The van der Waals surface area contributed by atoms with Gasteiger partial charge in [-0.2, -0.15) is 0 Å². The minimum absolute atomic E-state index is 0.0406. The van der Waals surface area contributed by atoms with E-state index in [0.29, 0.717) is 31.6 Å². The Kier molecular flexibility index (Phi) is 6.87. The number of fused-ring (bicyclic) bond motifs is 1. The molecule has 0 unspecified atom stereocenters. The number of rotatable bonds is 11. The minimum atomic E-state index is -1.29. The Balaban J connectivity index is 2.21. The molecule has 8 nitrogen and oxygen atoms in total. The number of aromatic nitrogens is 1. The lowest BCUT2D eigenvalue weighted by molar-refractivity contribution is 0.0680. The van der Waals surface area contributed by atoms with Gasteiger partial charge in [0, 0.05) is 12.1 Å². The number of hydrogen-bond donors (Lipinski definition) is 2. The highest BCUT2D eigenvalue weighted by Gasteiger charge is 2.34. The summed E-state index contributed by atoms with van der Waals surface area (Å²) in [5, 5.41) is 19.9. The summed E-state index contributed by atoms with van der Waals surface area (Å²) in [7, 11) is 0. The lowest BCUT2D eigenvalue weighted by Crippen LogP contribution is -2.14. The van der Waals surface area contributed by atoms with E-state index < -0.39 is 11.9 Å². The van der Waals surface area contributed by atoms with Crippen molar-refractivity contribution in [2.24, 2.45) is 0 Å². The van der Waals surface area contributed by atoms with Gasteiger partial charge in [0.05, 0.1) is 19.8 Å². The summed E-state index contributed by atoms with van der Waals surface area (Å²) < 4.78 is 18.3. The zero-order valence-electron chi connectivity index (χ0n) is 17.3. The van der Waals surface area contributed by atoms with Crippen LogP contribution in [0.2, 0.25) is 0 Å². The fourth-order valence-electron chi connectivity index (χ4n) is 3.39. The normalized spacial score (nSPS) is 12.3. The summed E-state index contributed by atoms with van der Waals surface area (Å²) in [6, 6.07) is 5.13. The van der Waals surface area contributed by atoms with E-state index in [0.717, 1.165) is 24.2 Å². The molecule has 0 radical (unpaired) electrons. The van der Waals surface area contributed by atoms with Gasteiger partial charge in [-0.15, -0.1) is 0 Å². The molecule has 0 saturated heterocycles. The Morgan fingerprint density at radius 1 is 1.00 bits per heavy atom. The number of hydrogen-bond acceptors (Lipinski definition) is 5. The van der Waals surface area contributed by atoms with Crippen LogP contribution >= 0.6 is 0 Å². The number of aromatic carboxylic acids is 2. The van der Waals surface area contributed by atoms with Gasteiger partial charge in [-0.1, -0.05) is 26.7 Å². The second-order valence-corrected chi connectivity index (χ2v) is 7.10. The maximum atomic E-state index is 12.2. The molecule has 0 aliphatic carbocycles. The highest BCUT2D eigenvalue weighted by atomic mass is 16.5. The molecule has 2 aromatic rings. The molecular formula is C22H27NO7. The van der Waals surface area contributed by atoms with Gasteiger partial charge in [-0.25, -0.2) is 9.59 Å². The number of benzene rings is 1. The minimum Gasteiger partial charge on any atom is -0.493 e. The molecule has 0 spiro atoms. The van der Waals surface area contributed by atoms with Gasteiger partial charge in [0.25, 0.3) is 0 Å². The van der Waals surface area contributed by atoms with E-state index in [1.807, 2.05) is 13.8 Å². The topological polar surface area (TPSA) is 107 Å². The Hall–Kier alpha value is -3.16. The van der Waals surface area contributed by atoms with E-state index in [4.69, 9.17) is 14.2 Å². The second kappa shape index (κ2) is 9.56. The van der Waals surface area contributed by atoms with E-state index >= 15 is 0 Å². The number of unbranched alkanes of at least 4 members (excludes halogenated alkanes) is 2. The van der Waals surface area contributed by atoms with Crippen LogP contribution in [0.5, 0.6) is 17.2 Å². The van der Waals surface area contributed by atoms with Gasteiger partial charge < -0.3 is 24.4 Å². The molecule has 0 amide bonds. The zero-order valence-corrected chi connectivity index (χ0v) is 17.3. The quantitative estimate of drug-likeness (QED) is 0.529. The van der Waals surface area contributed by atoms with Crippen LogP contribution in [0.15, 0.2) is 18.2 Å². The Morgan fingerprint density at radius 3 is 2.07 bits per heavy atom. The lowest BCUT2D eigenvalue weighted by atomic mass is 10.1. The van der Waals surface area contributed by atoms with Crippen LogP contribution in [0.25, 0.3) is 5.69 Å². The Morgan fingerprint density at radius 2 is 1.57 bits per heavy atom. The van der Waals surface area contributed by atoms with Gasteiger partial charge in [0.2, 0.25) is 0 Å². The average molecular weight is 417 g/mol. The first-order chi connectivity index (χ1) is 14.5. The summed E-state index contributed by atoms with van der Waals surface area (Å²) in [6.07, 6.45) is 3.79. The van der Waals surface area contributed by atoms with E-state index in [2.05, 4.69) is 0 Å². The maximum Gasteiger partial charge on any atom is 0.356 e. The number of nitrogens with zero attached hydrogens (tertiary/aromatic N) is 1. The van der Waals surface area contributed by atoms with Crippen LogP contribution in [0, 0.1) is 0 Å². The predicted octanol–water partition coefficient (Wildman–Crippen LogP) is 4.17. The fourth-order valence-corrected chi connectivity index (χ4v) is 3.39. The number of carboxylic acid groups (broad SMARTS) is 2. The van der Waals surface area contributed by atoms with Crippen LogP contribution < -0.4 is 14.2 Å². The highest BCUT2D eigenvalue weighted by molar-refractivity contribution is 5.99. The van der Waals surface area contributed by atoms with E-state index in [1.54, 1.807) is 18.2 Å². The van der Waals surface area contributed by atoms with Crippen LogP contribution in [-0.2, 0) is 6.42 Å². The monoisotopic (exact) mass is 417 g/mol. The predicted molar refractivity (Wildman–Crippen MR) is 110 cm³/mol. The van der Waals surface area contributed by atoms with Crippen molar-refractivity contribution < 1.29 is 34.0 Å². The summed E-state index contributed by atoms with van der Waals surface area (Å²) in [5.41, 5.74) is 0.804. The van der Waals surface area contributed by atoms with E-state index in [-0.39, 0.29) is 36.1 Å². The number of carbonyl (C=O) groups is 2. The van der Waals surface area contributed by atoms with Gasteiger partial charge in [0.1, 0.15) is 5.75 Å². The first-order valence-corrected chi connectivity index (χ1v) is 10.3. The molecule has 8 heteroatoms. The third kappa shape index (κ3) is 4.22. The van der Waals surface area contributed by atoms with Crippen molar-refractivity contribution in [2.75, 3.05) is 19.8 Å². The molecule has 0 bridgehead atoms. The summed E-state index contributed by atoms with van der Waals surface area (Å²) in [4.78, 5) is 24.5. The van der Waals surface area contributed by atoms with Crippen LogP contribution in [0.3, 0.4) is 0 Å². The number of carboxylic acids is 2. The van der Waals surface area contributed by atoms with Crippen molar-refractivity contribution >= 4 is 11.9 Å². The van der Waals surface area contributed by atoms with Crippen molar-refractivity contribution in [1.29, 1.82) is 0 Å². The molecule has 0 atom stereocenters. The number of ether oxygens (including phenoxy) is 3. The van der Waals surface area contributed by atoms with Gasteiger partial charge in [-0.05, 0) is 36.6 Å². The SMILES string of the molecule is CCCCOc1c(OCCCC)c(C(=O)O)n(-c2ccc3c(c2)CCO3)c1C(=O)O. The molecule has 3 rings (SSSR count). The van der Waals surface area contributed by atoms with Crippen molar-refractivity contribution in [1.82, 2.24) is 4.57 Å². The van der Waals surface area contributed by atoms with Crippen LogP contribution in [0.1, 0.15) is 66.1 Å². The zero-order chi connectivity index (χ0) is 21.7. The van der Waals surface area contributed by atoms with Crippen molar-refractivity contribution in [3.63, 3.8) is 0 Å². The third-order valence-corrected chi connectivity index (χ3v) is 4.91. The third-order valence-electron chi connectivity index (χ3n) is 4.91. The summed E-state index contributed by atoms with van der Waals surface area (Å²) >= 11 is 0. The van der Waals surface area contributed by atoms with Crippen LogP contribution in [0.4, 0.5) is 0 Å². The largest absolute Gasteiger partial charge is 0.493 e. The lowest BCUT2D eigenvalue weighted by Gasteiger charge is -2.11. The van der Waals surface area contributed by atoms with Crippen LogP contribution in [-0.4, -0.2) is 46.5 Å². The average Bonchev–Trinajstić information content (AvgIpc) is 3.30. The molecule has 1 aromatic heterocycles. The molecular weight excluding hydrogens is 390 g/mol. The molecule has 2 N–H and O–H groups in total. The van der Waals surface area contributed by atoms with E-state index in [1.165, 1.54) is 4.57 Å². The second-order valence-electron chi connectivity index (χ2n) is 7.10. The molecule has 1 aliphatic rings. The Labute approximate surface area is 175 Å². The first kappa shape index (κ1) is 21.5. The van der Waals surface area contributed by atoms with Gasteiger partial charge in [0.15, 0.2) is 22.9 Å². The highest BCUT2D eigenvalue weighted by Crippen LogP contribution is 2.41. The van der Waals surface area contributed by atoms with E-state index in [9.17, 15) is 19.8 Å². The molecule has 162 valence electrons. The standard InChI is InChI=1S/C22H27NO7/c1-3-5-10-29-19-17(21(24)25)23(15-7-8-16-14(13-15)9-12-28-16)18(22(26)27)20(19)30-11-6-4-2/h7-8,13H,3-6,9-12H2,1-2H3,(H,24,25)(H,26,27). The Bertz CT molecular complexity index is 887. The molecule has 1 aromatic carbocycles. The van der Waals surface area contributed by atoms with Crippen molar-refractivity contribution in [2.45, 2.75) is 46.0 Å². The molecule has 1 aliphatic heterocycles. The molecule has 0 saturated carbocycles. The molecule has 2 heterocycles. The molecule has 30 heavy (non-hydrogen) atoms. The first-order valence-electron chi connectivity index (χ1n) is 10.3. The smallest absolute Gasteiger partial charge is 0.356 e. The van der Waals surface area contributed by atoms with Gasteiger partial charge >= 0.3 is 11.9 Å².